The highest BCUT2D eigenvalue weighted by atomic mass is 16.1. The van der Waals surface area contributed by atoms with Crippen molar-refractivity contribution in [3.8, 4) is 0 Å². The van der Waals surface area contributed by atoms with E-state index in [1.54, 1.807) is 24.5 Å². The number of hydrogen-bond acceptors (Lipinski definition) is 3. The third kappa shape index (κ3) is 4.68. The van der Waals surface area contributed by atoms with Crippen LogP contribution in [0.15, 0.2) is 24.5 Å². The lowest BCUT2D eigenvalue weighted by atomic mass is 10.2. The van der Waals surface area contributed by atoms with E-state index in [0.29, 0.717) is 25.8 Å². The van der Waals surface area contributed by atoms with Crippen LogP contribution in [-0.2, 0) is 16.0 Å². The predicted octanol–water partition coefficient (Wildman–Crippen LogP) is 1.11. The number of ketones is 1. The maximum absolute atomic E-state index is 11.4. The van der Waals surface area contributed by atoms with E-state index in [-0.39, 0.29) is 11.7 Å². The van der Waals surface area contributed by atoms with Gasteiger partial charge in [-0.15, -0.1) is 0 Å². The molecule has 1 N–H and O–H groups in total. The summed E-state index contributed by atoms with van der Waals surface area (Å²) in [7, 11) is 0. The van der Waals surface area contributed by atoms with E-state index in [1.807, 2.05) is 6.92 Å². The molecule has 0 radical (unpaired) electrons. The second-order valence-electron chi connectivity index (χ2n) is 3.52. The SMILES string of the molecule is CCC(=O)CCNC(=O)Cc1ccncc1. The topological polar surface area (TPSA) is 59.1 Å². The second kappa shape index (κ2) is 6.71. The van der Waals surface area contributed by atoms with Crippen LogP contribution in [-0.4, -0.2) is 23.2 Å². The van der Waals surface area contributed by atoms with Crippen molar-refractivity contribution in [1.82, 2.24) is 10.3 Å². The molecule has 1 rings (SSSR count). The Morgan fingerprint density at radius 3 is 2.62 bits per heavy atom. The van der Waals surface area contributed by atoms with E-state index in [1.165, 1.54) is 0 Å². The van der Waals surface area contributed by atoms with E-state index in [9.17, 15) is 9.59 Å². The van der Waals surface area contributed by atoms with Crippen molar-refractivity contribution in [2.24, 2.45) is 0 Å². The molecule has 0 unspecified atom stereocenters. The maximum Gasteiger partial charge on any atom is 0.224 e. The number of nitrogens with one attached hydrogen (secondary N) is 1. The standard InChI is InChI=1S/C12H16N2O2/c1-2-11(15)5-8-14-12(16)9-10-3-6-13-7-4-10/h3-4,6-7H,2,5,8-9H2,1H3,(H,14,16). The van der Waals surface area contributed by atoms with E-state index in [0.717, 1.165) is 5.56 Å². The van der Waals surface area contributed by atoms with Crippen LogP contribution in [0, 0.1) is 0 Å². The van der Waals surface area contributed by atoms with Crippen molar-refractivity contribution in [1.29, 1.82) is 0 Å². The number of pyridine rings is 1. The number of aromatic nitrogens is 1. The van der Waals surface area contributed by atoms with Crippen molar-refractivity contribution < 1.29 is 9.59 Å². The largest absolute Gasteiger partial charge is 0.355 e. The number of hydrogen-bond donors (Lipinski definition) is 1. The molecule has 0 spiro atoms. The molecule has 16 heavy (non-hydrogen) atoms. The summed E-state index contributed by atoms with van der Waals surface area (Å²) in [6.07, 6.45) is 4.59. The molecule has 0 aromatic carbocycles. The van der Waals surface area contributed by atoms with Gasteiger partial charge in [-0.2, -0.15) is 0 Å². The van der Waals surface area contributed by atoms with Gasteiger partial charge in [-0.25, -0.2) is 0 Å². The van der Waals surface area contributed by atoms with E-state index in [2.05, 4.69) is 10.3 Å². The number of carbonyl (C=O) groups is 2. The van der Waals surface area contributed by atoms with Gasteiger partial charge in [-0.1, -0.05) is 6.92 Å². The first-order chi connectivity index (χ1) is 7.72. The van der Waals surface area contributed by atoms with Crippen LogP contribution < -0.4 is 5.32 Å². The van der Waals surface area contributed by atoms with Crippen LogP contribution >= 0.6 is 0 Å². The molecule has 4 nitrogen and oxygen atoms in total. The summed E-state index contributed by atoms with van der Waals surface area (Å²) in [5, 5.41) is 2.72. The summed E-state index contributed by atoms with van der Waals surface area (Å²) < 4.78 is 0. The fourth-order valence-corrected chi connectivity index (χ4v) is 1.27. The summed E-state index contributed by atoms with van der Waals surface area (Å²) in [5.41, 5.74) is 0.925. The second-order valence-corrected chi connectivity index (χ2v) is 3.52. The molecule has 0 saturated carbocycles. The van der Waals surface area contributed by atoms with Crippen molar-refractivity contribution in [2.45, 2.75) is 26.2 Å². The fourth-order valence-electron chi connectivity index (χ4n) is 1.27. The van der Waals surface area contributed by atoms with Gasteiger partial charge in [0.25, 0.3) is 0 Å². The first-order valence-corrected chi connectivity index (χ1v) is 5.39. The highest BCUT2D eigenvalue weighted by molar-refractivity contribution is 5.81. The lowest BCUT2D eigenvalue weighted by Crippen LogP contribution is -2.27. The van der Waals surface area contributed by atoms with E-state index < -0.39 is 0 Å². The molecular weight excluding hydrogens is 204 g/mol. The van der Waals surface area contributed by atoms with Crippen molar-refractivity contribution in [3.05, 3.63) is 30.1 Å². The molecule has 0 aliphatic rings. The maximum atomic E-state index is 11.4. The normalized spacial score (nSPS) is 9.81. The third-order valence-corrected chi connectivity index (χ3v) is 2.23. The van der Waals surface area contributed by atoms with Gasteiger partial charge in [0.1, 0.15) is 5.78 Å². The van der Waals surface area contributed by atoms with Gasteiger partial charge in [-0.3, -0.25) is 14.6 Å². The molecule has 1 heterocycles. The summed E-state index contributed by atoms with van der Waals surface area (Å²) in [6.45, 7) is 2.25. The van der Waals surface area contributed by atoms with Gasteiger partial charge in [0, 0.05) is 31.8 Å². The molecule has 0 aliphatic carbocycles. The van der Waals surface area contributed by atoms with E-state index >= 15 is 0 Å². The van der Waals surface area contributed by atoms with Crippen LogP contribution in [0.1, 0.15) is 25.3 Å². The zero-order valence-corrected chi connectivity index (χ0v) is 9.40. The lowest BCUT2D eigenvalue weighted by Gasteiger charge is -2.03. The van der Waals surface area contributed by atoms with Crippen LogP contribution in [0.3, 0.4) is 0 Å². The van der Waals surface area contributed by atoms with Gasteiger partial charge in [0.15, 0.2) is 0 Å². The van der Waals surface area contributed by atoms with Crippen LogP contribution in [0.4, 0.5) is 0 Å². The highest BCUT2D eigenvalue weighted by Crippen LogP contribution is 1.97. The molecule has 1 aromatic heterocycles. The first kappa shape index (κ1) is 12.4. The number of amides is 1. The lowest BCUT2D eigenvalue weighted by molar-refractivity contribution is -0.121. The minimum Gasteiger partial charge on any atom is -0.355 e. The van der Waals surface area contributed by atoms with Crippen molar-refractivity contribution in [2.75, 3.05) is 6.54 Å². The minimum atomic E-state index is -0.0601. The number of nitrogens with zero attached hydrogens (tertiary/aromatic N) is 1. The van der Waals surface area contributed by atoms with Crippen LogP contribution in [0.5, 0.6) is 0 Å². The zero-order chi connectivity index (χ0) is 11.8. The molecule has 0 atom stereocenters. The molecule has 4 heteroatoms. The first-order valence-electron chi connectivity index (χ1n) is 5.39. The van der Waals surface area contributed by atoms with E-state index in [4.69, 9.17) is 0 Å². The Balaban J connectivity index is 2.24. The number of rotatable bonds is 6. The molecule has 0 aliphatic heterocycles. The van der Waals surface area contributed by atoms with Gasteiger partial charge in [0.05, 0.1) is 6.42 Å². The van der Waals surface area contributed by atoms with Gasteiger partial charge >= 0.3 is 0 Å². The van der Waals surface area contributed by atoms with Crippen LogP contribution in [0.2, 0.25) is 0 Å². The Labute approximate surface area is 95.1 Å². The molecule has 1 aromatic rings. The van der Waals surface area contributed by atoms with Crippen molar-refractivity contribution >= 4 is 11.7 Å². The average molecular weight is 220 g/mol. The molecule has 1 amide bonds. The Morgan fingerprint density at radius 2 is 2.00 bits per heavy atom. The van der Waals surface area contributed by atoms with Gasteiger partial charge < -0.3 is 5.32 Å². The van der Waals surface area contributed by atoms with Crippen molar-refractivity contribution in [3.63, 3.8) is 0 Å². The predicted molar refractivity (Wildman–Crippen MR) is 60.9 cm³/mol. The molecule has 0 fully saturated rings. The summed E-state index contributed by atoms with van der Waals surface area (Å²) in [4.78, 5) is 26.3. The number of carbonyl (C=O) groups excluding carboxylic acids is 2. The Morgan fingerprint density at radius 1 is 1.31 bits per heavy atom. The van der Waals surface area contributed by atoms with Gasteiger partial charge in [-0.05, 0) is 17.7 Å². The quantitative estimate of drug-likeness (QED) is 0.781. The third-order valence-electron chi connectivity index (χ3n) is 2.23. The zero-order valence-electron chi connectivity index (χ0n) is 9.40. The molecule has 0 bridgehead atoms. The molecule has 0 saturated heterocycles. The summed E-state index contributed by atoms with van der Waals surface area (Å²) >= 11 is 0. The molecular formula is C12H16N2O2. The summed E-state index contributed by atoms with van der Waals surface area (Å²) in [5.74, 6) is 0.110. The van der Waals surface area contributed by atoms with Gasteiger partial charge in [0.2, 0.25) is 5.91 Å². The Kier molecular flexibility index (Phi) is 5.19. The monoisotopic (exact) mass is 220 g/mol. The Hall–Kier alpha value is -1.71. The molecule has 86 valence electrons. The summed E-state index contributed by atoms with van der Waals surface area (Å²) in [6, 6.07) is 3.60. The minimum absolute atomic E-state index is 0.0601. The Bertz CT molecular complexity index is 349. The van der Waals surface area contributed by atoms with Crippen LogP contribution in [0.25, 0.3) is 0 Å². The highest BCUT2D eigenvalue weighted by Gasteiger charge is 2.03. The number of Topliss-reactive ketones (excluding diaryl/α,β-unsaturated/α-hetero) is 1. The smallest absolute Gasteiger partial charge is 0.224 e. The average Bonchev–Trinajstić information content (AvgIpc) is 2.30. The fraction of sp³-hybridized carbons (Fsp3) is 0.417.